The minimum Gasteiger partial charge on any atom is -0.295 e. The quantitative estimate of drug-likeness (QED) is 0.759. The van der Waals surface area contributed by atoms with E-state index in [1.54, 1.807) is 13.1 Å². The molecule has 0 bridgehead atoms. The Kier molecular flexibility index (Phi) is 2.19. The third-order valence-electron chi connectivity index (χ3n) is 2.30. The molecule has 1 N–H and O–H groups in total. The van der Waals surface area contributed by atoms with Crippen molar-refractivity contribution in [2.45, 2.75) is 6.92 Å². The number of hydrogen-bond donors (Lipinski definition) is 1. The highest BCUT2D eigenvalue weighted by Gasteiger charge is 2.08. The molecule has 0 fully saturated rings. The zero-order valence-corrected chi connectivity index (χ0v) is 8.54. The first-order chi connectivity index (χ1) is 7.08. The smallest absolute Gasteiger partial charge is 0.266 e. The minimum atomic E-state index is -0.322. The first-order valence-electron chi connectivity index (χ1n) is 4.60. The zero-order valence-electron chi connectivity index (χ0n) is 8.54. The number of H-pyrrole nitrogens is 1. The molecule has 0 spiro atoms. The second-order valence-corrected chi connectivity index (χ2v) is 3.55. The van der Waals surface area contributed by atoms with Gasteiger partial charge in [-0.2, -0.15) is 0 Å². The molecular formula is C11H11FN2O. The van der Waals surface area contributed by atoms with Crippen LogP contribution < -0.4 is 5.56 Å². The Labute approximate surface area is 86.2 Å². The number of aromatic amines is 1. The molecule has 0 atom stereocenters. The first-order valence-corrected chi connectivity index (χ1v) is 4.60. The van der Waals surface area contributed by atoms with Crippen molar-refractivity contribution in [1.82, 2.24) is 9.78 Å². The van der Waals surface area contributed by atoms with Crippen LogP contribution in [0.15, 0.2) is 29.1 Å². The monoisotopic (exact) mass is 206 g/mol. The molecule has 0 amide bonds. The van der Waals surface area contributed by atoms with Gasteiger partial charge in [-0.15, -0.1) is 0 Å². The number of nitrogens with one attached hydrogen (secondary N) is 1. The molecule has 4 heteroatoms. The van der Waals surface area contributed by atoms with Crippen molar-refractivity contribution in [1.29, 1.82) is 0 Å². The summed E-state index contributed by atoms with van der Waals surface area (Å²) >= 11 is 0. The molecule has 15 heavy (non-hydrogen) atoms. The summed E-state index contributed by atoms with van der Waals surface area (Å²) in [5.74, 6) is -0.322. The lowest BCUT2D eigenvalue weighted by molar-refractivity contribution is 0.628. The fraction of sp³-hybridized carbons (Fsp3) is 0.182. The van der Waals surface area contributed by atoms with Crippen LogP contribution in [0.1, 0.15) is 5.56 Å². The van der Waals surface area contributed by atoms with Crippen LogP contribution in [0.25, 0.3) is 11.3 Å². The van der Waals surface area contributed by atoms with Crippen LogP contribution in [0, 0.1) is 12.7 Å². The van der Waals surface area contributed by atoms with Gasteiger partial charge in [0.05, 0.1) is 5.69 Å². The van der Waals surface area contributed by atoms with Gasteiger partial charge in [-0.25, -0.2) is 4.39 Å². The maximum absolute atomic E-state index is 13.5. The number of aryl methyl sites for hydroxylation is 2. The van der Waals surface area contributed by atoms with Gasteiger partial charge in [0, 0.05) is 18.7 Å². The summed E-state index contributed by atoms with van der Waals surface area (Å²) in [5.41, 5.74) is 1.60. The summed E-state index contributed by atoms with van der Waals surface area (Å²) in [5, 5.41) is 2.79. The highest BCUT2D eigenvalue weighted by atomic mass is 19.1. The lowest BCUT2D eigenvalue weighted by atomic mass is 10.1. The standard InChI is InChI=1S/C11H11FN2O/c1-7-3-4-8(9(12)5-7)10-6-11(15)14(2)13-10/h3-6,13H,1-2H3. The molecule has 1 aromatic carbocycles. The topological polar surface area (TPSA) is 37.8 Å². The number of rotatable bonds is 1. The maximum Gasteiger partial charge on any atom is 0.266 e. The minimum absolute atomic E-state index is 0.176. The first kappa shape index (κ1) is 9.71. The van der Waals surface area contributed by atoms with E-state index in [0.717, 1.165) is 5.56 Å². The molecule has 0 aliphatic heterocycles. The summed E-state index contributed by atoms with van der Waals surface area (Å²) < 4.78 is 14.9. The molecule has 1 aromatic heterocycles. The van der Waals surface area contributed by atoms with Crippen LogP contribution in [-0.4, -0.2) is 9.78 Å². The number of benzene rings is 1. The van der Waals surface area contributed by atoms with Gasteiger partial charge in [-0.3, -0.25) is 14.6 Å². The predicted octanol–water partition coefficient (Wildman–Crippen LogP) is 1.83. The summed E-state index contributed by atoms with van der Waals surface area (Å²) in [6, 6.07) is 6.30. The maximum atomic E-state index is 13.5. The van der Waals surface area contributed by atoms with Gasteiger partial charge in [0.25, 0.3) is 5.56 Å². The van der Waals surface area contributed by atoms with Gasteiger partial charge >= 0.3 is 0 Å². The molecule has 0 saturated heterocycles. The van der Waals surface area contributed by atoms with Gasteiger partial charge in [-0.05, 0) is 24.6 Å². The molecular weight excluding hydrogens is 195 g/mol. The van der Waals surface area contributed by atoms with E-state index in [-0.39, 0.29) is 11.4 Å². The molecule has 0 unspecified atom stereocenters. The Bertz CT molecular complexity index is 554. The van der Waals surface area contributed by atoms with E-state index in [1.165, 1.54) is 16.8 Å². The Morgan fingerprint density at radius 1 is 1.33 bits per heavy atom. The van der Waals surface area contributed by atoms with Gasteiger partial charge in [-0.1, -0.05) is 6.07 Å². The third-order valence-corrected chi connectivity index (χ3v) is 2.30. The van der Waals surface area contributed by atoms with E-state index < -0.39 is 0 Å². The Morgan fingerprint density at radius 2 is 2.07 bits per heavy atom. The van der Waals surface area contributed by atoms with E-state index in [2.05, 4.69) is 5.10 Å². The molecule has 2 rings (SSSR count). The average molecular weight is 206 g/mol. The largest absolute Gasteiger partial charge is 0.295 e. The molecule has 0 aliphatic rings. The second-order valence-electron chi connectivity index (χ2n) is 3.55. The lowest BCUT2D eigenvalue weighted by Crippen LogP contribution is -2.09. The summed E-state index contributed by atoms with van der Waals surface area (Å²) in [6.07, 6.45) is 0. The van der Waals surface area contributed by atoms with Gasteiger partial charge < -0.3 is 0 Å². The highest BCUT2D eigenvalue weighted by molar-refractivity contribution is 5.59. The summed E-state index contributed by atoms with van der Waals surface area (Å²) in [4.78, 5) is 11.2. The van der Waals surface area contributed by atoms with Crippen LogP contribution in [-0.2, 0) is 7.05 Å². The zero-order chi connectivity index (χ0) is 11.0. The predicted molar refractivity (Wildman–Crippen MR) is 56.2 cm³/mol. The fourth-order valence-corrected chi connectivity index (χ4v) is 1.46. The molecule has 3 nitrogen and oxygen atoms in total. The van der Waals surface area contributed by atoms with Crippen LogP contribution in [0.3, 0.4) is 0 Å². The van der Waals surface area contributed by atoms with Gasteiger partial charge in [0.15, 0.2) is 0 Å². The molecule has 1 heterocycles. The third kappa shape index (κ3) is 1.70. The fourth-order valence-electron chi connectivity index (χ4n) is 1.46. The van der Waals surface area contributed by atoms with Crippen LogP contribution in [0.2, 0.25) is 0 Å². The van der Waals surface area contributed by atoms with Crippen molar-refractivity contribution in [3.05, 3.63) is 46.0 Å². The Hall–Kier alpha value is -1.84. The average Bonchev–Trinajstić information content (AvgIpc) is 2.46. The molecule has 78 valence electrons. The van der Waals surface area contributed by atoms with Gasteiger partial charge in [0.2, 0.25) is 0 Å². The Balaban J connectivity index is 2.59. The van der Waals surface area contributed by atoms with E-state index in [1.807, 2.05) is 13.0 Å². The van der Waals surface area contributed by atoms with E-state index in [4.69, 9.17) is 0 Å². The molecule has 2 aromatic rings. The Morgan fingerprint density at radius 3 is 2.60 bits per heavy atom. The van der Waals surface area contributed by atoms with Gasteiger partial charge in [0.1, 0.15) is 5.82 Å². The second kappa shape index (κ2) is 3.38. The molecule has 0 aliphatic carbocycles. The van der Waals surface area contributed by atoms with E-state index >= 15 is 0 Å². The SMILES string of the molecule is Cc1ccc(-c2cc(=O)n(C)[nH]2)c(F)c1. The van der Waals surface area contributed by atoms with Crippen molar-refractivity contribution >= 4 is 0 Å². The number of aromatic nitrogens is 2. The van der Waals surface area contributed by atoms with Crippen molar-refractivity contribution < 1.29 is 4.39 Å². The van der Waals surface area contributed by atoms with Crippen LogP contribution in [0.4, 0.5) is 4.39 Å². The van der Waals surface area contributed by atoms with Crippen molar-refractivity contribution in [3.8, 4) is 11.3 Å². The van der Waals surface area contributed by atoms with Crippen LogP contribution in [0.5, 0.6) is 0 Å². The number of hydrogen-bond acceptors (Lipinski definition) is 1. The van der Waals surface area contributed by atoms with E-state index in [0.29, 0.717) is 11.3 Å². The summed E-state index contributed by atoms with van der Waals surface area (Å²) in [6.45, 7) is 1.82. The van der Waals surface area contributed by atoms with E-state index in [9.17, 15) is 9.18 Å². The molecule has 0 radical (unpaired) electrons. The normalized spacial score (nSPS) is 10.6. The summed E-state index contributed by atoms with van der Waals surface area (Å²) in [7, 11) is 1.60. The lowest BCUT2D eigenvalue weighted by Gasteiger charge is -2.01. The van der Waals surface area contributed by atoms with Crippen molar-refractivity contribution in [2.75, 3.05) is 0 Å². The van der Waals surface area contributed by atoms with Crippen molar-refractivity contribution in [3.63, 3.8) is 0 Å². The van der Waals surface area contributed by atoms with Crippen molar-refractivity contribution in [2.24, 2.45) is 7.05 Å². The number of halogens is 1. The number of nitrogens with zero attached hydrogens (tertiary/aromatic N) is 1. The highest BCUT2D eigenvalue weighted by Crippen LogP contribution is 2.20. The van der Waals surface area contributed by atoms with Crippen LogP contribution >= 0.6 is 0 Å². The molecule has 0 saturated carbocycles.